The van der Waals surface area contributed by atoms with Crippen LogP contribution in [0.4, 0.5) is 0 Å². The summed E-state index contributed by atoms with van der Waals surface area (Å²) >= 11 is 0. The van der Waals surface area contributed by atoms with Crippen molar-refractivity contribution >= 4 is 0 Å². The van der Waals surface area contributed by atoms with Crippen molar-refractivity contribution in [3.63, 3.8) is 0 Å². The van der Waals surface area contributed by atoms with E-state index in [1.165, 1.54) is 11.1 Å². The molecular weight excluding hydrogens is 400 g/mol. The zero-order chi connectivity index (χ0) is 21.6. The highest BCUT2D eigenvalue weighted by Gasteiger charge is 2.44. The van der Waals surface area contributed by atoms with Gasteiger partial charge in [-0.3, -0.25) is 9.80 Å². The summed E-state index contributed by atoms with van der Waals surface area (Å²) in [5.74, 6) is 2.11. The average Bonchev–Trinajstić information content (AvgIpc) is 3.37. The number of likely N-dealkylation sites (tertiary alicyclic amines) is 2. The molecule has 0 aromatic heterocycles. The van der Waals surface area contributed by atoms with E-state index in [1.807, 2.05) is 0 Å². The van der Waals surface area contributed by atoms with Crippen LogP contribution in [0.5, 0.6) is 11.5 Å². The average molecular weight is 435 g/mol. The number of aliphatic hydroxyl groups excluding tert-OH is 1. The summed E-state index contributed by atoms with van der Waals surface area (Å²) in [6.07, 6.45) is 6.08. The number of fused-ring (bicyclic) bond motifs is 2. The van der Waals surface area contributed by atoms with Crippen molar-refractivity contribution in [3.8, 4) is 11.5 Å². The van der Waals surface area contributed by atoms with Gasteiger partial charge < -0.3 is 14.6 Å². The van der Waals surface area contributed by atoms with Gasteiger partial charge in [-0.25, -0.2) is 0 Å². The van der Waals surface area contributed by atoms with Crippen molar-refractivity contribution in [1.29, 1.82) is 0 Å². The molecule has 0 radical (unpaired) electrons. The first-order chi connectivity index (χ1) is 15.6. The second-order valence-electron chi connectivity index (χ2n) is 10.4. The topological polar surface area (TPSA) is 45.2 Å². The molecular formula is C27H34N2O3. The maximum atomic E-state index is 10.9. The Labute approximate surface area is 190 Å². The molecule has 5 nitrogen and oxygen atoms in total. The number of ether oxygens (including phenoxy) is 2. The molecule has 4 heterocycles. The Kier molecular flexibility index (Phi) is 5.16. The number of aryl methyl sites for hydroxylation is 2. The highest BCUT2D eigenvalue weighted by Crippen LogP contribution is 2.40. The van der Waals surface area contributed by atoms with Gasteiger partial charge in [0.2, 0.25) is 0 Å². The summed E-state index contributed by atoms with van der Waals surface area (Å²) in [7, 11) is 0. The van der Waals surface area contributed by atoms with E-state index in [4.69, 9.17) is 9.47 Å². The van der Waals surface area contributed by atoms with Crippen molar-refractivity contribution in [2.75, 3.05) is 39.3 Å². The highest BCUT2D eigenvalue weighted by atomic mass is 16.5. The molecule has 32 heavy (non-hydrogen) atoms. The van der Waals surface area contributed by atoms with Gasteiger partial charge in [-0.15, -0.1) is 0 Å². The summed E-state index contributed by atoms with van der Waals surface area (Å²) in [5.41, 5.74) is 2.50. The van der Waals surface area contributed by atoms with Crippen molar-refractivity contribution in [2.24, 2.45) is 0 Å². The maximum Gasteiger partial charge on any atom is 0.123 e. The molecule has 170 valence electrons. The lowest BCUT2D eigenvalue weighted by molar-refractivity contribution is 0.0331. The quantitative estimate of drug-likeness (QED) is 0.800. The molecule has 5 heteroatoms. The van der Waals surface area contributed by atoms with E-state index in [0.717, 1.165) is 89.3 Å². The number of hydrogen-bond donors (Lipinski definition) is 1. The van der Waals surface area contributed by atoms with Crippen molar-refractivity contribution < 1.29 is 14.6 Å². The molecule has 2 spiro atoms. The Hall–Kier alpha value is -2.08. The van der Waals surface area contributed by atoms with Crippen LogP contribution in [0.15, 0.2) is 48.5 Å². The fourth-order valence-corrected chi connectivity index (χ4v) is 6.31. The maximum absolute atomic E-state index is 10.9. The lowest BCUT2D eigenvalue weighted by Gasteiger charge is -2.36. The van der Waals surface area contributed by atoms with Crippen LogP contribution >= 0.6 is 0 Å². The third kappa shape index (κ3) is 3.91. The molecule has 2 fully saturated rings. The molecule has 4 aliphatic heterocycles. The summed E-state index contributed by atoms with van der Waals surface area (Å²) in [6.45, 7) is 5.29. The van der Waals surface area contributed by atoms with E-state index < -0.39 is 0 Å². The Morgan fingerprint density at radius 3 is 1.69 bits per heavy atom. The molecule has 2 atom stereocenters. The van der Waals surface area contributed by atoms with E-state index in [2.05, 4.69) is 58.3 Å². The van der Waals surface area contributed by atoms with Crippen LogP contribution in [-0.2, 0) is 12.8 Å². The van der Waals surface area contributed by atoms with Gasteiger partial charge in [0.25, 0.3) is 0 Å². The van der Waals surface area contributed by atoms with Gasteiger partial charge in [-0.2, -0.15) is 0 Å². The fraction of sp³-hybridized carbons (Fsp3) is 0.556. The van der Waals surface area contributed by atoms with E-state index >= 15 is 0 Å². The monoisotopic (exact) mass is 434 g/mol. The number of β-amino-alcohol motifs (C(OH)–C–C–N with tert-alkyl or cyclic N) is 1. The van der Waals surface area contributed by atoms with Gasteiger partial charge in [-0.1, -0.05) is 36.4 Å². The van der Waals surface area contributed by atoms with Gasteiger partial charge in [0.1, 0.15) is 22.7 Å². The van der Waals surface area contributed by atoms with Crippen molar-refractivity contribution in [2.45, 2.75) is 55.8 Å². The van der Waals surface area contributed by atoms with Crippen LogP contribution in [-0.4, -0.2) is 71.5 Å². The third-order valence-corrected chi connectivity index (χ3v) is 8.03. The third-order valence-electron chi connectivity index (χ3n) is 8.03. The Balaban J connectivity index is 1.02. The Morgan fingerprint density at radius 1 is 0.719 bits per heavy atom. The zero-order valence-corrected chi connectivity index (χ0v) is 18.8. The van der Waals surface area contributed by atoms with Gasteiger partial charge in [0, 0.05) is 52.1 Å². The first-order valence-corrected chi connectivity index (χ1v) is 12.3. The first-order valence-electron chi connectivity index (χ1n) is 12.3. The first kappa shape index (κ1) is 20.5. The number of rotatable bonds is 4. The molecule has 0 bridgehead atoms. The SMILES string of the molecule is OC(CN1CCC2(CCc3ccccc3O2)C1)CN1CCC2(CCc3ccccc3O2)C1. The van der Waals surface area contributed by atoms with Gasteiger partial charge in [0.05, 0.1) is 6.10 Å². The molecule has 6 rings (SSSR count). The molecule has 4 aliphatic rings. The number of para-hydroxylation sites is 2. The largest absolute Gasteiger partial charge is 0.486 e. The summed E-state index contributed by atoms with van der Waals surface area (Å²) in [4.78, 5) is 4.80. The molecule has 1 N–H and O–H groups in total. The minimum absolute atomic E-state index is 0.0743. The summed E-state index contributed by atoms with van der Waals surface area (Å²) in [5, 5.41) is 10.9. The molecule has 0 aliphatic carbocycles. The van der Waals surface area contributed by atoms with E-state index in [1.54, 1.807) is 0 Å². The van der Waals surface area contributed by atoms with Crippen LogP contribution in [0.25, 0.3) is 0 Å². The Bertz CT molecular complexity index is 903. The smallest absolute Gasteiger partial charge is 0.123 e. The zero-order valence-electron chi connectivity index (χ0n) is 18.8. The van der Waals surface area contributed by atoms with Crippen LogP contribution in [0.3, 0.4) is 0 Å². The van der Waals surface area contributed by atoms with E-state index in [0.29, 0.717) is 0 Å². The Morgan fingerprint density at radius 2 is 1.19 bits per heavy atom. The lowest BCUT2D eigenvalue weighted by Crippen LogP contribution is -2.46. The number of aliphatic hydroxyl groups is 1. The van der Waals surface area contributed by atoms with E-state index in [9.17, 15) is 5.11 Å². The van der Waals surface area contributed by atoms with Gasteiger partial charge in [0.15, 0.2) is 0 Å². The summed E-state index contributed by atoms with van der Waals surface area (Å²) in [6, 6.07) is 16.9. The molecule has 2 aromatic rings. The lowest BCUT2D eigenvalue weighted by atomic mass is 9.90. The summed E-state index contributed by atoms with van der Waals surface area (Å²) < 4.78 is 13.0. The second kappa shape index (κ2) is 8.05. The molecule has 2 unspecified atom stereocenters. The van der Waals surface area contributed by atoms with Crippen molar-refractivity contribution in [3.05, 3.63) is 59.7 Å². The minimum atomic E-state index is -0.341. The molecule has 0 amide bonds. The standard InChI is InChI=1S/C27H34N2O3/c30-23(17-28-15-13-26(19-28)11-9-21-5-1-3-7-24(21)31-26)18-29-16-14-27(20-29)12-10-22-6-2-4-8-25(22)32-27/h1-8,23,30H,9-20H2. The van der Waals surface area contributed by atoms with Crippen LogP contribution in [0.1, 0.15) is 36.8 Å². The minimum Gasteiger partial charge on any atom is -0.486 e. The molecule has 2 saturated heterocycles. The molecule has 0 saturated carbocycles. The second-order valence-corrected chi connectivity index (χ2v) is 10.4. The number of hydrogen-bond acceptors (Lipinski definition) is 5. The molecule has 2 aromatic carbocycles. The van der Waals surface area contributed by atoms with Gasteiger partial charge in [-0.05, 0) is 48.9 Å². The number of nitrogens with zero attached hydrogens (tertiary/aromatic N) is 2. The van der Waals surface area contributed by atoms with E-state index in [-0.39, 0.29) is 17.3 Å². The van der Waals surface area contributed by atoms with Crippen LogP contribution < -0.4 is 9.47 Å². The normalized spacial score (nSPS) is 30.7. The van der Waals surface area contributed by atoms with Gasteiger partial charge >= 0.3 is 0 Å². The highest BCUT2D eigenvalue weighted by molar-refractivity contribution is 5.37. The van der Waals surface area contributed by atoms with Crippen LogP contribution in [0, 0.1) is 0 Å². The fourth-order valence-electron chi connectivity index (χ4n) is 6.31. The predicted octanol–water partition coefficient (Wildman–Crippen LogP) is 3.29. The predicted molar refractivity (Wildman–Crippen MR) is 124 cm³/mol. The number of benzene rings is 2. The van der Waals surface area contributed by atoms with Crippen molar-refractivity contribution in [1.82, 2.24) is 9.80 Å². The van der Waals surface area contributed by atoms with Crippen LogP contribution in [0.2, 0.25) is 0 Å².